The first-order chi connectivity index (χ1) is 8.74. The van der Waals surface area contributed by atoms with Crippen LogP contribution < -0.4 is 5.73 Å². The number of nitrogens with two attached hydrogens (primary N) is 1. The molecule has 2 aromatic carbocycles. The molecular weight excluding hydrogens is 222 g/mol. The first-order valence-electron chi connectivity index (χ1n) is 6.17. The van der Waals surface area contributed by atoms with Gasteiger partial charge in [0.2, 0.25) is 0 Å². The third kappa shape index (κ3) is 2.66. The molecule has 0 unspecified atom stereocenters. The van der Waals surface area contributed by atoms with Crippen LogP contribution >= 0.6 is 0 Å². The fourth-order valence-electron chi connectivity index (χ4n) is 1.89. The molecule has 0 aliphatic carbocycles. The van der Waals surface area contributed by atoms with Crippen molar-refractivity contribution in [2.75, 3.05) is 0 Å². The molecule has 18 heavy (non-hydrogen) atoms. The van der Waals surface area contributed by atoms with Gasteiger partial charge in [-0.1, -0.05) is 49.4 Å². The van der Waals surface area contributed by atoms with Gasteiger partial charge in [0.15, 0.2) is 5.78 Å². The summed E-state index contributed by atoms with van der Waals surface area (Å²) in [7, 11) is 0. The number of aryl methyl sites for hydroxylation is 1. The minimum atomic E-state index is 0.0638. The van der Waals surface area contributed by atoms with Crippen LogP contribution in [0.4, 0.5) is 0 Å². The first-order valence-corrected chi connectivity index (χ1v) is 6.17. The van der Waals surface area contributed by atoms with Crippen LogP contribution in [0.25, 0.3) is 0 Å². The number of benzene rings is 2. The predicted octanol–water partition coefficient (Wildman–Crippen LogP) is 2.94. The SMILES string of the molecule is CCc1cccc(C(=O)c2ccc(CN)cc2)c1. The number of carbonyl (C=O) groups excluding carboxylic acids is 1. The van der Waals surface area contributed by atoms with E-state index in [2.05, 4.69) is 6.92 Å². The van der Waals surface area contributed by atoms with Crippen LogP contribution in [0.15, 0.2) is 48.5 Å². The highest BCUT2D eigenvalue weighted by molar-refractivity contribution is 6.09. The summed E-state index contributed by atoms with van der Waals surface area (Å²) in [5.74, 6) is 0.0638. The third-order valence-corrected chi connectivity index (χ3v) is 3.05. The van der Waals surface area contributed by atoms with E-state index < -0.39 is 0 Å². The smallest absolute Gasteiger partial charge is 0.193 e. The normalized spacial score (nSPS) is 10.3. The number of ketones is 1. The van der Waals surface area contributed by atoms with Gasteiger partial charge in [0.25, 0.3) is 0 Å². The lowest BCUT2D eigenvalue weighted by Crippen LogP contribution is -2.03. The van der Waals surface area contributed by atoms with E-state index in [-0.39, 0.29) is 5.78 Å². The summed E-state index contributed by atoms with van der Waals surface area (Å²) in [5.41, 5.74) is 9.21. The summed E-state index contributed by atoms with van der Waals surface area (Å²) in [4.78, 5) is 12.3. The van der Waals surface area contributed by atoms with Gasteiger partial charge < -0.3 is 5.73 Å². The molecule has 0 fully saturated rings. The zero-order valence-corrected chi connectivity index (χ0v) is 10.5. The second-order valence-electron chi connectivity index (χ2n) is 4.28. The van der Waals surface area contributed by atoms with Crippen molar-refractivity contribution in [3.8, 4) is 0 Å². The molecule has 0 saturated carbocycles. The lowest BCUT2D eigenvalue weighted by Gasteiger charge is -2.04. The van der Waals surface area contributed by atoms with E-state index >= 15 is 0 Å². The Kier molecular flexibility index (Phi) is 3.90. The molecule has 0 radical (unpaired) electrons. The van der Waals surface area contributed by atoms with Crippen molar-refractivity contribution in [3.63, 3.8) is 0 Å². The Balaban J connectivity index is 2.29. The van der Waals surface area contributed by atoms with E-state index in [9.17, 15) is 4.79 Å². The Morgan fingerprint density at radius 1 is 1.00 bits per heavy atom. The van der Waals surface area contributed by atoms with E-state index in [1.807, 2.05) is 48.5 Å². The molecule has 0 heterocycles. The van der Waals surface area contributed by atoms with Gasteiger partial charge in [0, 0.05) is 17.7 Å². The third-order valence-electron chi connectivity index (χ3n) is 3.05. The topological polar surface area (TPSA) is 43.1 Å². The highest BCUT2D eigenvalue weighted by atomic mass is 16.1. The molecule has 0 aromatic heterocycles. The Bertz CT molecular complexity index is 543. The molecular formula is C16H17NO. The van der Waals surface area contributed by atoms with Gasteiger partial charge in [-0.2, -0.15) is 0 Å². The molecule has 2 heteroatoms. The number of hydrogen-bond acceptors (Lipinski definition) is 2. The fourth-order valence-corrected chi connectivity index (χ4v) is 1.89. The Morgan fingerprint density at radius 2 is 1.72 bits per heavy atom. The molecule has 0 aliphatic rings. The number of carbonyl (C=O) groups is 1. The minimum absolute atomic E-state index is 0.0638. The van der Waals surface area contributed by atoms with Crippen LogP contribution in [0.2, 0.25) is 0 Å². The molecule has 2 N–H and O–H groups in total. The molecule has 2 rings (SSSR count). The van der Waals surface area contributed by atoms with Crippen molar-refractivity contribution in [1.29, 1.82) is 0 Å². The first kappa shape index (κ1) is 12.5. The molecule has 0 saturated heterocycles. The van der Waals surface area contributed by atoms with Crippen LogP contribution in [-0.4, -0.2) is 5.78 Å². The van der Waals surface area contributed by atoms with Crippen molar-refractivity contribution in [3.05, 3.63) is 70.8 Å². The zero-order valence-electron chi connectivity index (χ0n) is 10.5. The summed E-state index contributed by atoms with van der Waals surface area (Å²) < 4.78 is 0. The molecule has 0 atom stereocenters. The average molecular weight is 239 g/mol. The fraction of sp³-hybridized carbons (Fsp3) is 0.188. The van der Waals surface area contributed by atoms with Gasteiger partial charge in [-0.15, -0.1) is 0 Å². The lowest BCUT2D eigenvalue weighted by atomic mass is 10.00. The summed E-state index contributed by atoms with van der Waals surface area (Å²) in [6.07, 6.45) is 0.938. The molecule has 0 spiro atoms. The Hall–Kier alpha value is -1.93. The number of hydrogen-bond donors (Lipinski definition) is 1. The van der Waals surface area contributed by atoms with Crippen molar-refractivity contribution in [2.24, 2.45) is 5.73 Å². The molecule has 92 valence electrons. The summed E-state index contributed by atoms with van der Waals surface area (Å²) in [6, 6.07) is 15.3. The van der Waals surface area contributed by atoms with Crippen molar-refractivity contribution < 1.29 is 4.79 Å². The van der Waals surface area contributed by atoms with E-state index in [1.165, 1.54) is 5.56 Å². The van der Waals surface area contributed by atoms with Gasteiger partial charge in [-0.25, -0.2) is 0 Å². The van der Waals surface area contributed by atoms with E-state index in [1.54, 1.807) is 0 Å². The van der Waals surface area contributed by atoms with Crippen LogP contribution in [0.3, 0.4) is 0 Å². The maximum absolute atomic E-state index is 12.3. The van der Waals surface area contributed by atoms with Gasteiger partial charge in [-0.05, 0) is 23.6 Å². The Labute approximate surface area is 107 Å². The van der Waals surface area contributed by atoms with Gasteiger partial charge in [-0.3, -0.25) is 4.79 Å². The molecule has 0 aliphatic heterocycles. The van der Waals surface area contributed by atoms with Crippen LogP contribution in [0, 0.1) is 0 Å². The van der Waals surface area contributed by atoms with E-state index in [4.69, 9.17) is 5.73 Å². The lowest BCUT2D eigenvalue weighted by molar-refractivity contribution is 0.103. The maximum atomic E-state index is 12.3. The number of rotatable bonds is 4. The van der Waals surface area contributed by atoms with Gasteiger partial charge >= 0.3 is 0 Å². The van der Waals surface area contributed by atoms with E-state index in [0.717, 1.165) is 17.5 Å². The summed E-state index contributed by atoms with van der Waals surface area (Å²) >= 11 is 0. The van der Waals surface area contributed by atoms with Crippen molar-refractivity contribution in [1.82, 2.24) is 0 Å². The van der Waals surface area contributed by atoms with Crippen LogP contribution in [-0.2, 0) is 13.0 Å². The standard InChI is InChI=1S/C16H17NO/c1-2-12-4-3-5-15(10-12)16(18)14-8-6-13(11-17)7-9-14/h3-10H,2,11,17H2,1H3. The van der Waals surface area contributed by atoms with Crippen molar-refractivity contribution >= 4 is 5.78 Å². The highest BCUT2D eigenvalue weighted by Crippen LogP contribution is 2.13. The highest BCUT2D eigenvalue weighted by Gasteiger charge is 2.08. The zero-order chi connectivity index (χ0) is 13.0. The maximum Gasteiger partial charge on any atom is 0.193 e. The largest absolute Gasteiger partial charge is 0.326 e. The van der Waals surface area contributed by atoms with E-state index in [0.29, 0.717) is 12.1 Å². The predicted molar refractivity (Wildman–Crippen MR) is 73.6 cm³/mol. The Morgan fingerprint density at radius 3 is 2.33 bits per heavy atom. The summed E-state index contributed by atoms with van der Waals surface area (Å²) in [6.45, 7) is 2.58. The second kappa shape index (κ2) is 5.61. The van der Waals surface area contributed by atoms with Crippen LogP contribution in [0.1, 0.15) is 34.0 Å². The van der Waals surface area contributed by atoms with Gasteiger partial charge in [0.05, 0.1) is 0 Å². The quantitative estimate of drug-likeness (QED) is 0.834. The monoisotopic (exact) mass is 239 g/mol. The molecule has 0 bridgehead atoms. The molecule has 2 aromatic rings. The van der Waals surface area contributed by atoms with Crippen LogP contribution in [0.5, 0.6) is 0 Å². The van der Waals surface area contributed by atoms with Crippen molar-refractivity contribution in [2.45, 2.75) is 19.9 Å². The second-order valence-corrected chi connectivity index (χ2v) is 4.28. The minimum Gasteiger partial charge on any atom is -0.326 e. The molecule has 2 nitrogen and oxygen atoms in total. The summed E-state index contributed by atoms with van der Waals surface area (Å²) in [5, 5.41) is 0. The van der Waals surface area contributed by atoms with Gasteiger partial charge in [0.1, 0.15) is 0 Å². The average Bonchev–Trinajstić information content (AvgIpc) is 2.46. The molecule has 0 amide bonds.